The highest BCUT2D eigenvalue weighted by molar-refractivity contribution is 8.22. The molecule has 0 aromatic rings. The third kappa shape index (κ3) is 25.6. The van der Waals surface area contributed by atoms with Crippen molar-refractivity contribution in [2.45, 2.75) is 235 Å². The number of epoxide rings is 1. The van der Waals surface area contributed by atoms with Gasteiger partial charge in [0.15, 0.2) is 17.4 Å². The van der Waals surface area contributed by atoms with Gasteiger partial charge in [0.1, 0.15) is 13.6 Å². The van der Waals surface area contributed by atoms with E-state index in [-0.39, 0.29) is 17.4 Å². The highest BCUT2D eigenvalue weighted by Crippen LogP contribution is 2.69. The quantitative estimate of drug-likeness (QED) is 0.214. The predicted molar refractivity (Wildman–Crippen MR) is 417 cm³/mol. The molecule has 23 aliphatic rings. The van der Waals surface area contributed by atoms with Gasteiger partial charge < -0.3 is 56.8 Å². The molecule has 23 fully saturated rings. The van der Waals surface area contributed by atoms with Crippen LogP contribution >= 0.6 is 118 Å². The van der Waals surface area contributed by atoms with E-state index < -0.39 is 0 Å². The minimum absolute atomic E-state index is 0.111. The van der Waals surface area contributed by atoms with Gasteiger partial charge >= 0.3 is 0 Å². The van der Waals surface area contributed by atoms with E-state index in [1.807, 2.05) is 23.5 Å². The van der Waals surface area contributed by atoms with Crippen LogP contribution in [0.5, 0.6) is 0 Å². The lowest BCUT2D eigenvalue weighted by Crippen LogP contribution is -2.52. The Balaban J connectivity index is 0.000000109. The molecule has 96 heavy (non-hydrogen) atoms. The van der Waals surface area contributed by atoms with Crippen molar-refractivity contribution in [3.63, 3.8) is 0 Å². The van der Waals surface area contributed by atoms with Crippen LogP contribution in [-0.2, 0) is 56.8 Å². The molecule has 8 bridgehead atoms. The molecule has 4 atom stereocenters. The number of thioether (sulfide) groups is 10. The molecular formula is C74H128O12S10. The highest BCUT2D eigenvalue weighted by Gasteiger charge is 2.59. The Morgan fingerprint density at radius 2 is 0.573 bits per heavy atom. The fraction of sp³-hybridized carbons (Fsp3) is 1.00. The van der Waals surface area contributed by atoms with Crippen LogP contribution in [0.15, 0.2) is 0 Å². The first-order chi connectivity index (χ1) is 47.4. The standard InChI is InChI=1S/C12H18S2.C10H16S2.C9H16O2.C9H14S2.C8H14O2.C7H12O2.C4H8O2.C4H8S2.C3H6O2.C3H6O.C3H6S2.C2H4O/c1-2-14-12(13-1)10-4-8-3-9(6-10)7-11(12)5-8;1-4-11-10(12-5-1)7-8-2-3-9(10)6-8;1-2-5-9(6-3-1)10-7-4-8-11-9;1-2-8-5-7(1)6-9(8)10-3-4-11-9;1-2-5-8(4-1)9-6-3-7-10-8;1-2-4-7(3-1)8-5-6-9-7;2*1-2-5-4-6-3-1;1-2-5-3-4-1;1-2-4-3-1;1-2-5-3-4-1;1-2-3-1/h8-11H,1-7H2;8-9H,1-7H2;1-8H2;7-8H,1-6H2;1-7H2;1-6H2;2*1-4H2;1-3H2;1-3H2;1-3H2;1-2H2. The van der Waals surface area contributed by atoms with Crippen molar-refractivity contribution in [3.05, 3.63) is 0 Å². The zero-order chi connectivity index (χ0) is 65.6. The summed E-state index contributed by atoms with van der Waals surface area (Å²) in [7, 11) is 0. The molecule has 4 unspecified atom stereocenters. The van der Waals surface area contributed by atoms with Crippen LogP contribution in [0, 0.1) is 47.3 Å². The van der Waals surface area contributed by atoms with Crippen LogP contribution in [-0.4, -0.2) is 203 Å². The number of hydrogen-bond acceptors (Lipinski definition) is 22. The molecule has 12 aliphatic heterocycles. The van der Waals surface area contributed by atoms with E-state index in [4.69, 9.17) is 52.1 Å². The summed E-state index contributed by atoms with van der Waals surface area (Å²) in [6, 6.07) is 0. The lowest BCUT2D eigenvalue weighted by molar-refractivity contribution is -0.279. The molecular weight excluding hydrogens is 1400 g/mol. The summed E-state index contributed by atoms with van der Waals surface area (Å²) in [5.41, 5.74) is 0. The van der Waals surface area contributed by atoms with Crippen molar-refractivity contribution in [2.24, 2.45) is 47.3 Å². The number of rotatable bonds is 0. The summed E-state index contributed by atoms with van der Waals surface area (Å²) in [6.45, 7) is 13.5. The maximum Gasteiger partial charge on any atom is 0.168 e. The molecule has 12 heterocycles. The zero-order valence-corrected chi connectivity index (χ0v) is 67.2. The molecule has 11 saturated carbocycles. The number of hydrogen-bond donors (Lipinski definition) is 0. The monoisotopic (exact) mass is 1530 g/mol. The van der Waals surface area contributed by atoms with Crippen LogP contribution in [0.3, 0.4) is 0 Å². The van der Waals surface area contributed by atoms with Gasteiger partial charge in [0.25, 0.3) is 0 Å². The van der Waals surface area contributed by atoms with Gasteiger partial charge in [-0.1, -0.05) is 19.3 Å². The second kappa shape index (κ2) is 43.9. The first kappa shape index (κ1) is 80.0. The van der Waals surface area contributed by atoms with Gasteiger partial charge in [0.2, 0.25) is 0 Å². The van der Waals surface area contributed by atoms with Crippen LogP contribution in [0.2, 0.25) is 0 Å². The van der Waals surface area contributed by atoms with Crippen LogP contribution in [0.1, 0.15) is 205 Å². The second-order valence-corrected chi connectivity index (χ2v) is 44.2. The van der Waals surface area contributed by atoms with Crippen LogP contribution in [0.25, 0.3) is 0 Å². The Morgan fingerprint density at radius 3 is 0.885 bits per heavy atom. The van der Waals surface area contributed by atoms with E-state index in [0.29, 0.717) is 13.6 Å². The summed E-state index contributed by atoms with van der Waals surface area (Å²) in [5, 5.41) is 2.67. The minimum Gasteiger partial charge on any atom is -0.381 e. The fourth-order valence-corrected chi connectivity index (χ4v) is 34.3. The molecule has 0 aromatic carbocycles. The van der Waals surface area contributed by atoms with E-state index in [9.17, 15) is 0 Å². The fourth-order valence-electron chi connectivity index (χ4n) is 18.1. The minimum atomic E-state index is -0.142. The van der Waals surface area contributed by atoms with E-state index in [2.05, 4.69) is 98.8 Å². The van der Waals surface area contributed by atoms with Gasteiger partial charge in [0, 0.05) is 96.4 Å². The molecule has 11 aliphatic carbocycles. The molecule has 0 radical (unpaired) electrons. The third-order valence-corrected chi connectivity index (χ3v) is 39.3. The largest absolute Gasteiger partial charge is 0.381 e. The molecule has 0 aromatic heterocycles. The Labute approximate surface area is 625 Å². The number of ether oxygens (including phenoxy) is 12. The van der Waals surface area contributed by atoms with Crippen molar-refractivity contribution in [1.29, 1.82) is 0 Å². The summed E-state index contributed by atoms with van der Waals surface area (Å²) in [4.78, 5) is 0. The van der Waals surface area contributed by atoms with Crippen LogP contribution < -0.4 is 0 Å². The Hall–Kier alpha value is 3.02. The van der Waals surface area contributed by atoms with E-state index in [1.165, 1.54) is 132 Å². The molecule has 12 nitrogen and oxygen atoms in total. The van der Waals surface area contributed by atoms with Crippen molar-refractivity contribution < 1.29 is 56.8 Å². The second-order valence-electron chi connectivity index (χ2n) is 29.8. The van der Waals surface area contributed by atoms with E-state index >= 15 is 0 Å². The predicted octanol–water partition coefficient (Wildman–Crippen LogP) is 19.1. The van der Waals surface area contributed by atoms with Crippen molar-refractivity contribution >= 4 is 118 Å². The van der Waals surface area contributed by atoms with Crippen molar-refractivity contribution in [2.75, 3.05) is 174 Å². The summed E-state index contributed by atoms with van der Waals surface area (Å²) < 4.78 is 64.1. The van der Waals surface area contributed by atoms with Gasteiger partial charge in [-0.3, -0.25) is 0 Å². The average Bonchev–Trinajstić information content (AvgIpc) is 0.822. The van der Waals surface area contributed by atoms with Gasteiger partial charge in [0.05, 0.1) is 91.5 Å². The maximum absolute atomic E-state index is 5.68. The first-order valence-electron chi connectivity index (χ1n) is 38.8. The van der Waals surface area contributed by atoms with Gasteiger partial charge in [-0.25, -0.2) is 0 Å². The molecule has 22 heteroatoms. The number of fused-ring (bicyclic) bond motifs is 6. The molecule has 12 saturated heterocycles. The zero-order valence-electron chi connectivity index (χ0n) is 59.0. The molecule has 556 valence electrons. The SMILES string of the molecule is C1CCC2(C1)OCCO2.C1CCC2(CC1)OCCCO2.C1CO1.C1COC1.C1COC2(CCCC2)OC1.C1COCO1.C1COCOC1.C1CSC2(CC3CCC2C3)S1.C1CSC2(CC3CCC2C3)SC1.C1CSC2(S1)C1CC3CC(C1)CC2C3.C1CSCS1.C1CSCSC1. The Bertz CT molecular complexity index is 1900. The Kier molecular flexibility index (Phi) is 36.6. The topological polar surface area (TPSA) is 114 Å². The van der Waals surface area contributed by atoms with Gasteiger partial charge in [-0.2, -0.15) is 47.0 Å². The van der Waals surface area contributed by atoms with E-state index in [1.54, 1.807) is 83.5 Å². The first-order valence-corrected chi connectivity index (χ1v) is 49.4. The summed E-state index contributed by atoms with van der Waals surface area (Å²) >= 11 is 22.0. The molecule has 0 amide bonds. The van der Waals surface area contributed by atoms with Crippen LogP contribution in [0.4, 0.5) is 0 Å². The van der Waals surface area contributed by atoms with E-state index in [0.717, 1.165) is 210 Å². The lowest BCUT2D eigenvalue weighted by atomic mass is 9.56. The maximum atomic E-state index is 5.68. The van der Waals surface area contributed by atoms with Gasteiger partial charge in [-0.05, 0) is 218 Å². The average molecular weight is 1530 g/mol. The molecule has 0 N–H and O–H groups in total. The molecule has 6 spiro atoms. The summed E-state index contributed by atoms with van der Waals surface area (Å²) in [6.07, 6.45) is 43.5. The molecule has 23 rings (SSSR count). The smallest absolute Gasteiger partial charge is 0.168 e. The summed E-state index contributed by atoms with van der Waals surface area (Å²) in [5.74, 6) is 22.7. The van der Waals surface area contributed by atoms with Crippen molar-refractivity contribution in [1.82, 2.24) is 0 Å². The van der Waals surface area contributed by atoms with Gasteiger partial charge in [-0.15, -0.1) is 70.6 Å². The third-order valence-electron chi connectivity index (χ3n) is 22.8. The van der Waals surface area contributed by atoms with Crippen molar-refractivity contribution in [3.8, 4) is 0 Å². The lowest BCUT2D eigenvalue weighted by Gasteiger charge is -2.59. The highest BCUT2D eigenvalue weighted by atomic mass is 32.2. The Morgan fingerprint density at radius 1 is 0.240 bits per heavy atom. The normalized spacial score (nSPS) is 35.5.